The molecule has 2 heterocycles. The second-order valence-electron chi connectivity index (χ2n) is 6.27. The van der Waals surface area contributed by atoms with E-state index in [0.29, 0.717) is 30.6 Å². The summed E-state index contributed by atoms with van der Waals surface area (Å²) >= 11 is 0. The Morgan fingerprint density at radius 1 is 1.12 bits per heavy atom. The van der Waals surface area contributed by atoms with Crippen molar-refractivity contribution < 1.29 is 18.7 Å². The number of fused-ring (bicyclic) bond motifs is 2. The van der Waals surface area contributed by atoms with Gasteiger partial charge in [-0.25, -0.2) is 9.18 Å². The van der Waals surface area contributed by atoms with Gasteiger partial charge >= 0.3 is 5.97 Å². The highest BCUT2D eigenvalue weighted by Gasteiger charge is 2.48. The van der Waals surface area contributed by atoms with Crippen LogP contribution in [0.25, 0.3) is 0 Å². The summed E-state index contributed by atoms with van der Waals surface area (Å²) in [6.45, 7) is 0.920. The van der Waals surface area contributed by atoms with Gasteiger partial charge in [0.2, 0.25) is 0 Å². The van der Waals surface area contributed by atoms with E-state index in [2.05, 4.69) is 0 Å². The number of hydrogen-bond donors (Lipinski definition) is 0. The normalized spacial score (nSPS) is 22.4. The molecule has 122 valence electrons. The number of carbonyl (C=O) groups excluding carboxylic acids is 2. The van der Waals surface area contributed by atoms with Gasteiger partial charge in [-0.2, -0.15) is 0 Å². The maximum absolute atomic E-state index is 13.1. The molecule has 1 saturated heterocycles. The molecule has 0 aromatic heterocycles. The first-order chi connectivity index (χ1) is 11.6. The number of nitrogens with zero attached hydrogens (tertiary/aromatic N) is 1. The number of rotatable bonds is 1. The zero-order chi connectivity index (χ0) is 16.7. The van der Waals surface area contributed by atoms with Crippen LogP contribution in [0.3, 0.4) is 0 Å². The van der Waals surface area contributed by atoms with Crippen LogP contribution in [0.15, 0.2) is 48.5 Å². The number of hydrogen-bond acceptors (Lipinski definition) is 3. The van der Waals surface area contributed by atoms with E-state index in [1.807, 2.05) is 18.2 Å². The van der Waals surface area contributed by atoms with Crippen LogP contribution in [0, 0.1) is 5.82 Å². The number of likely N-dealkylation sites (tertiary alicyclic amines) is 1. The Labute approximate surface area is 138 Å². The van der Waals surface area contributed by atoms with Gasteiger partial charge in [-0.3, -0.25) is 4.79 Å². The Morgan fingerprint density at radius 3 is 2.67 bits per heavy atom. The number of benzene rings is 2. The molecule has 2 aliphatic rings. The molecule has 1 fully saturated rings. The Hall–Kier alpha value is -2.69. The number of carbonyl (C=O) groups is 2. The van der Waals surface area contributed by atoms with Crippen molar-refractivity contribution in [1.29, 1.82) is 0 Å². The average Bonchev–Trinajstić information content (AvgIpc) is 2.87. The van der Waals surface area contributed by atoms with Crippen LogP contribution in [0.1, 0.15) is 39.1 Å². The molecule has 5 heteroatoms. The summed E-state index contributed by atoms with van der Waals surface area (Å²) in [6.07, 6.45) is 1.44. The van der Waals surface area contributed by atoms with E-state index >= 15 is 0 Å². The molecular formula is C19H16FNO3. The predicted octanol–water partition coefficient (Wildman–Crippen LogP) is 3.13. The van der Waals surface area contributed by atoms with Gasteiger partial charge in [-0.1, -0.05) is 18.2 Å². The quantitative estimate of drug-likeness (QED) is 0.757. The van der Waals surface area contributed by atoms with Gasteiger partial charge in [-0.15, -0.1) is 0 Å². The third kappa shape index (κ3) is 2.28. The van der Waals surface area contributed by atoms with Crippen LogP contribution in [0.4, 0.5) is 4.39 Å². The molecule has 2 aromatic rings. The second kappa shape index (κ2) is 5.44. The number of piperidine rings is 1. The Balaban J connectivity index is 1.64. The fraction of sp³-hybridized carbons (Fsp3) is 0.263. The first-order valence-corrected chi connectivity index (χ1v) is 7.97. The van der Waals surface area contributed by atoms with Crippen molar-refractivity contribution >= 4 is 11.9 Å². The minimum Gasteiger partial charge on any atom is -0.449 e. The van der Waals surface area contributed by atoms with Crippen LogP contribution in [-0.4, -0.2) is 29.9 Å². The molecule has 0 saturated carbocycles. The van der Waals surface area contributed by atoms with Crippen LogP contribution < -0.4 is 0 Å². The van der Waals surface area contributed by atoms with Gasteiger partial charge in [0, 0.05) is 17.7 Å². The fourth-order valence-electron chi connectivity index (χ4n) is 3.62. The molecule has 0 bridgehead atoms. The molecule has 1 amide bonds. The smallest absolute Gasteiger partial charge is 0.339 e. The zero-order valence-corrected chi connectivity index (χ0v) is 13.0. The minimum absolute atomic E-state index is 0.172. The molecule has 24 heavy (non-hydrogen) atoms. The molecule has 2 aromatic carbocycles. The lowest BCUT2D eigenvalue weighted by Crippen LogP contribution is -2.48. The minimum atomic E-state index is -0.762. The molecule has 0 radical (unpaired) electrons. The van der Waals surface area contributed by atoms with Crippen molar-refractivity contribution in [3.05, 3.63) is 71.0 Å². The van der Waals surface area contributed by atoms with Crippen LogP contribution in [0.2, 0.25) is 0 Å². The Bertz CT molecular complexity index is 818. The van der Waals surface area contributed by atoms with E-state index in [4.69, 9.17) is 4.74 Å². The molecular weight excluding hydrogens is 309 g/mol. The standard InChI is InChI=1S/C19H16FNO3/c20-14-8-6-13(7-9-14)17(22)21-11-3-10-19(12-21)16-5-2-1-4-15(16)18(23)24-19/h1-2,4-9H,3,10-12H2. The van der Waals surface area contributed by atoms with Crippen molar-refractivity contribution in [3.63, 3.8) is 0 Å². The third-order valence-electron chi connectivity index (χ3n) is 4.76. The Morgan fingerprint density at radius 2 is 1.88 bits per heavy atom. The second-order valence-corrected chi connectivity index (χ2v) is 6.27. The summed E-state index contributed by atoms with van der Waals surface area (Å²) in [5, 5.41) is 0. The van der Waals surface area contributed by atoms with E-state index < -0.39 is 5.60 Å². The summed E-state index contributed by atoms with van der Waals surface area (Å²) in [5.41, 5.74) is 1.10. The molecule has 2 aliphatic heterocycles. The number of ether oxygens (including phenoxy) is 1. The van der Waals surface area contributed by atoms with Crippen molar-refractivity contribution in [2.45, 2.75) is 18.4 Å². The van der Waals surface area contributed by atoms with Crippen molar-refractivity contribution in [3.8, 4) is 0 Å². The third-order valence-corrected chi connectivity index (χ3v) is 4.76. The van der Waals surface area contributed by atoms with Crippen LogP contribution >= 0.6 is 0 Å². The topological polar surface area (TPSA) is 46.6 Å². The maximum Gasteiger partial charge on any atom is 0.339 e. The van der Waals surface area contributed by atoms with Crippen LogP contribution in [0.5, 0.6) is 0 Å². The molecule has 0 aliphatic carbocycles. The largest absolute Gasteiger partial charge is 0.449 e. The van der Waals surface area contributed by atoms with Gasteiger partial charge in [-0.05, 0) is 43.2 Å². The molecule has 1 spiro atoms. The fourth-order valence-corrected chi connectivity index (χ4v) is 3.62. The summed E-state index contributed by atoms with van der Waals surface area (Å²) < 4.78 is 18.8. The van der Waals surface area contributed by atoms with Crippen molar-refractivity contribution in [1.82, 2.24) is 4.90 Å². The summed E-state index contributed by atoms with van der Waals surface area (Å²) in [7, 11) is 0. The SMILES string of the molecule is O=C1OC2(CCCN(C(=O)c3ccc(F)cc3)C2)c2ccccc21. The molecule has 4 rings (SSSR count). The molecule has 1 atom stereocenters. The highest BCUT2D eigenvalue weighted by molar-refractivity contribution is 5.96. The van der Waals surface area contributed by atoms with E-state index in [0.717, 1.165) is 12.0 Å². The number of amides is 1. The highest BCUT2D eigenvalue weighted by Crippen LogP contribution is 2.42. The number of esters is 1. The lowest BCUT2D eigenvalue weighted by molar-refractivity contribution is -0.0442. The predicted molar refractivity (Wildman–Crippen MR) is 85.1 cm³/mol. The van der Waals surface area contributed by atoms with Gasteiger partial charge in [0.05, 0.1) is 12.1 Å². The molecule has 4 nitrogen and oxygen atoms in total. The van der Waals surface area contributed by atoms with E-state index in [1.54, 1.807) is 11.0 Å². The van der Waals surface area contributed by atoms with Gasteiger partial charge in [0.25, 0.3) is 5.91 Å². The molecule has 1 unspecified atom stereocenters. The van der Waals surface area contributed by atoms with Crippen molar-refractivity contribution in [2.75, 3.05) is 13.1 Å². The van der Waals surface area contributed by atoms with Crippen LogP contribution in [-0.2, 0) is 10.3 Å². The van der Waals surface area contributed by atoms with Gasteiger partial charge in [0.1, 0.15) is 5.82 Å². The highest BCUT2D eigenvalue weighted by atomic mass is 19.1. The zero-order valence-electron chi connectivity index (χ0n) is 13.0. The number of halogens is 1. The summed E-state index contributed by atoms with van der Waals surface area (Å²) in [5.74, 6) is -0.878. The lowest BCUT2D eigenvalue weighted by atomic mass is 9.85. The average molecular weight is 325 g/mol. The first-order valence-electron chi connectivity index (χ1n) is 7.97. The van der Waals surface area contributed by atoms with Gasteiger partial charge < -0.3 is 9.64 Å². The summed E-state index contributed by atoms with van der Waals surface area (Å²) in [6, 6.07) is 12.8. The maximum atomic E-state index is 13.1. The van der Waals surface area contributed by atoms with E-state index in [1.165, 1.54) is 24.3 Å². The summed E-state index contributed by atoms with van der Waals surface area (Å²) in [4.78, 5) is 26.5. The van der Waals surface area contributed by atoms with E-state index in [9.17, 15) is 14.0 Å². The lowest BCUT2D eigenvalue weighted by Gasteiger charge is -2.39. The first kappa shape index (κ1) is 14.9. The monoisotopic (exact) mass is 325 g/mol. The molecule has 0 N–H and O–H groups in total. The van der Waals surface area contributed by atoms with E-state index in [-0.39, 0.29) is 17.7 Å². The van der Waals surface area contributed by atoms with Crippen molar-refractivity contribution in [2.24, 2.45) is 0 Å². The van der Waals surface area contributed by atoms with Gasteiger partial charge in [0.15, 0.2) is 5.60 Å². The Kier molecular flexibility index (Phi) is 3.37.